The molecule has 0 amide bonds. The van der Waals surface area contributed by atoms with Crippen LogP contribution in [0, 0.1) is 0 Å². The fraction of sp³-hybridized carbons (Fsp3) is 0.182. The molecule has 0 unspecified atom stereocenters. The van der Waals surface area contributed by atoms with Gasteiger partial charge in [0.05, 0.1) is 5.69 Å². The van der Waals surface area contributed by atoms with Crippen LogP contribution < -0.4 is 0 Å². The Kier molecular flexibility index (Phi) is 3.68. The van der Waals surface area contributed by atoms with Crippen LogP contribution in [0.4, 0.5) is 13.2 Å². The maximum Gasteiger partial charge on any atom is 0.435 e. The zero-order valence-corrected chi connectivity index (χ0v) is 11.2. The van der Waals surface area contributed by atoms with Crippen molar-refractivity contribution in [3.63, 3.8) is 0 Å². The number of aromatic nitrogens is 2. The lowest BCUT2D eigenvalue weighted by molar-refractivity contribution is -0.141. The molecule has 0 spiro atoms. The zero-order valence-electron chi connectivity index (χ0n) is 8.88. The number of halogens is 5. The predicted molar refractivity (Wildman–Crippen MR) is 65.8 cm³/mol. The van der Waals surface area contributed by atoms with Gasteiger partial charge in [-0.25, -0.2) is 4.68 Å². The lowest BCUT2D eigenvalue weighted by Crippen LogP contribution is -2.07. The second kappa shape index (κ2) is 4.93. The van der Waals surface area contributed by atoms with Crippen molar-refractivity contribution in [3.8, 4) is 5.69 Å². The molecular formula is C11H7BrClF3N2. The topological polar surface area (TPSA) is 17.8 Å². The van der Waals surface area contributed by atoms with Crippen LogP contribution in [0.5, 0.6) is 0 Å². The van der Waals surface area contributed by atoms with E-state index in [1.807, 2.05) is 0 Å². The molecule has 0 saturated carbocycles. The molecule has 7 heteroatoms. The molecule has 2 nitrogen and oxygen atoms in total. The van der Waals surface area contributed by atoms with Gasteiger partial charge >= 0.3 is 6.18 Å². The summed E-state index contributed by atoms with van der Waals surface area (Å²) >= 11 is 9.04. The summed E-state index contributed by atoms with van der Waals surface area (Å²) in [7, 11) is 0. The molecule has 0 aliphatic carbocycles. The van der Waals surface area contributed by atoms with Crippen molar-refractivity contribution < 1.29 is 13.2 Å². The van der Waals surface area contributed by atoms with Crippen molar-refractivity contribution in [2.24, 2.45) is 0 Å². The molecule has 1 aromatic carbocycles. The van der Waals surface area contributed by atoms with E-state index in [-0.39, 0.29) is 5.88 Å². The average Bonchev–Trinajstić information content (AvgIpc) is 2.77. The minimum absolute atomic E-state index is 0.190. The maximum absolute atomic E-state index is 12.5. The molecule has 0 saturated heterocycles. The summed E-state index contributed by atoms with van der Waals surface area (Å²) in [6.07, 6.45) is -3.18. The van der Waals surface area contributed by atoms with Crippen molar-refractivity contribution in [2.75, 3.05) is 0 Å². The lowest BCUT2D eigenvalue weighted by atomic mass is 10.2. The molecule has 0 N–H and O–H groups in total. The van der Waals surface area contributed by atoms with Crippen LogP contribution in [0.15, 0.2) is 34.9 Å². The van der Waals surface area contributed by atoms with Crippen LogP contribution in [0.3, 0.4) is 0 Å². The molecular weight excluding hydrogens is 332 g/mol. The molecule has 0 radical (unpaired) electrons. The van der Waals surface area contributed by atoms with E-state index >= 15 is 0 Å². The summed E-state index contributed by atoms with van der Waals surface area (Å²) < 4.78 is 39.3. The van der Waals surface area contributed by atoms with Crippen LogP contribution in [0.25, 0.3) is 5.69 Å². The summed E-state index contributed by atoms with van der Waals surface area (Å²) in [5, 5.41) is 3.51. The first-order valence-electron chi connectivity index (χ1n) is 4.89. The third-order valence-electron chi connectivity index (χ3n) is 2.31. The summed E-state index contributed by atoms with van der Waals surface area (Å²) in [5.41, 5.74) is 0.303. The maximum atomic E-state index is 12.5. The van der Waals surface area contributed by atoms with Crippen molar-refractivity contribution in [1.29, 1.82) is 0 Å². The number of rotatable bonds is 2. The van der Waals surface area contributed by atoms with Crippen molar-refractivity contribution in [2.45, 2.75) is 12.1 Å². The fourth-order valence-electron chi connectivity index (χ4n) is 1.49. The van der Waals surface area contributed by atoms with Crippen molar-refractivity contribution >= 4 is 27.5 Å². The van der Waals surface area contributed by atoms with Gasteiger partial charge in [0.1, 0.15) is 0 Å². The molecule has 18 heavy (non-hydrogen) atoms. The number of hydrogen-bond donors (Lipinski definition) is 0. The molecule has 0 aliphatic heterocycles. The number of alkyl halides is 4. The van der Waals surface area contributed by atoms with E-state index in [4.69, 9.17) is 11.6 Å². The Balaban J connectivity index is 2.46. The Morgan fingerprint density at radius 3 is 2.56 bits per heavy atom. The number of benzene rings is 1. The molecule has 96 valence electrons. The van der Waals surface area contributed by atoms with Crippen LogP contribution >= 0.6 is 27.5 Å². The predicted octanol–water partition coefficient (Wildman–Crippen LogP) is 4.39. The molecule has 0 bridgehead atoms. The highest BCUT2D eigenvalue weighted by Gasteiger charge is 2.33. The molecule has 2 rings (SSSR count). The van der Waals surface area contributed by atoms with Crippen molar-refractivity contribution in [3.05, 3.63) is 46.2 Å². The highest BCUT2D eigenvalue weighted by molar-refractivity contribution is 9.10. The molecule has 0 atom stereocenters. The van der Waals surface area contributed by atoms with E-state index in [9.17, 15) is 13.2 Å². The van der Waals surface area contributed by atoms with Crippen LogP contribution in [-0.2, 0) is 12.1 Å². The van der Waals surface area contributed by atoms with Gasteiger partial charge in [0.15, 0.2) is 5.69 Å². The van der Waals surface area contributed by atoms with E-state index in [2.05, 4.69) is 21.0 Å². The SMILES string of the molecule is FC(F)(F)c1ccn(-c2ccc(Br)cc2CCl)n1. The minimum atomic E-state index is -4.44. The summed E-state index contributed by atoms with van der Waals surface area (Å²) in [6, 6.07) is 6.06. The van der Waals surface area contributed by atoms with Crippen LogP contribution in [0.1, 0.15) is 11.3 Å². The first kappa shape index (κ1) is 13.4. The Morgan fingerprint density at radius 1 is 1.28 bits per heavy atom. The molecule has 2 aromatic rings. The van der Waals surface area contributed by atoms with Gasteiger partial charge in [0.25, 0.3) is 0 Å². The molecule has 0 fully saturated rings. The quantitative estimate of drug-likeness (QED) is 0.742. The zero-order chi connectivity index (χ0) is 13.3. The standard InChI is InChI=1S/C11H7BrClF3N2/c12-8-1-2-9(7(5-8)6-13)18-4-3-10(17-18)11(14,15)16/h1-5H,6H2. The highest BCUT2D eigenvalue weighted by Crippen LogP contribution is 2.29. The van der Waals surface area contributed by atoms with E-state index in [0.29, 0.717) is 11.3 Å². The van der Waals surface area contributed by atoms with Gasteiger partial charge in [0, 0.05) is 16.5 Å². The second-order valence-corrected chi connectivity index (χ2v) is 4.73. The smallest absolute Gasteiger partial charge is 0.240 e. The van der Waals surface area contributed by atoms with Gasteiger partial charge in [-0.15, -0.1) is 11.6 Å². The normalized spacial score (nSPS) is 11.8. The third kappa shape index (κ3) is 2.70. The van der Waals surface area contributed by atoms with Crippen LogP contribution in [0.2, 0.25) is 0 Å². The van der Waals surface area contributed by atoms with Gasteiger partial charge in [-0.05, 0) is 29.8 Å². The Hall–Kier alpha value is -1.01. The van der Waals surface area contributed by atoms with Gasteiger partial charge < -0.3 is 0 Å². The van der Waals surface area contributed by atoms with Crippen LogP contribution in [-0.4, -0.2) is 9.78 Å². The third-order valence-corrected chi connectivity index (χ3v) is 3.09. The Labute approximate surface area is 114 Å². The monoisotopic (exact) mass is 338 g/mol. The van der Waals surface area contributed by atoms with E-state index in [1.54, 1.807) is 18.2 Å². The Morgan fingerprint density at radius 2 is 2.00 bits per heavy atom. The summed E-state index contributed by atoms with van der Waals surface area (Å²) in [6.45, 7) is 0. The highest BCUT2D eigenvalue weighted by atomic mass is 79.9. The van der Waals surface area contributed by atoms with E-state index < -0.39 is 11.9 Å². The molecule has 1 aromatic heterocycles. The average molecular weight is 340 g/mol. The van der Waals surface area contributed by atoms with Gasteiger partial charge in [-0.2, -0.15) is 18.3 Å². The fourth-order valence-corrected chi connectivity index (χ4v) is 2.12. The second-order valence-electron chi connectivity index (χ2n) is 3.55. The van der Waals surface area contributed by atoms with Gasteiger partial charge in [-0.1, -0.05) is 15.9 Å². The minimum Gasteiger partial charge on any atom is -0.240 e. The van der Waals surface area contributed by atoms with E-state index in [0.717, 1.165) is 10.5 Å². The summed E-state index contributed by atoms with van der Waals surface area (Å²) in [4.78, 5) is 0. The first-order valence-corrected chi connectivity index (χ1v) is 6.22. The number of hydrogen-bond acceptors (Lipinski definition) is 1. The summed E-state index contributed by atoms with van der Waals surface area (Å²) in [5.74, 6) is 0.190. The first-order chi connectivity index (χ1) is 8.41. The van der Waals surface area contributed by atoms with Gasteiger partial charge in [-0.3, -0.25) is 0 Å². The molecule has 1 heterocycles. The van der Waals surface area contributed by atoms with Crippen molar-refractivity contribution in [1.82, 2.24) is 9.78 Å². The van der Waals surface area contributed by atoms with Gasteiger partial charge in [0.2, 0.25) is 0 Å². The van der Waals surface area contributed by atoms with E-state index in [1.165, 1.54) is 10.9 Å². The molecule has 0 aliphatic rings. The lowest BCUT2D eigenvalue weighted by Gasteiger charge is -2.08. The number of nitrogens with zero attached hydrogens (tertiary/aromatic N) is 2. The largest absolute Gasteiger partial charge is 0.435 e. The Bertz CT molecular complexity index is 566.